The molecule has 2 heteroatoms. The summed E-state index contributed by atoms with van der Waals surface area (Å²) in [6.07, 6.45) is 0.832. The lowest BCUT2D eigenvalue weighted by Crippen LogP contribution is -1.85. The van der Waals surface area contributed by atoms with Crippen LogP contribution in [0.25, 0.3) is 0 Å². The van der Waals surface area contributed by atoms with Crippen LogP contribution in [-0.4, -0.2) is 6.29 Å². The number of carbonyl (C=O) groups is 1. The summed E-state index contributed by atoms with van der Waals surface area (Å²) in [6.45, 7) is 0. The summed E-state index contributed by atoms with van der Waals surface area (Å²) >= 11 is 1.59. The molecule has 1 heterocycles. The predicted octanol–water partition coefficient (Wildman–Crippen LogP) is 2.96. The Bertz CT molecular complexity index is 515. The Labute approximate surface area is 92.4 Å². The maximum atomic E-state index is 10.7. The molecular formula is C13H8OS. The zero-order valence-corrected chi connectivity index (χ0v) is 8.75. The van der Waals surface area contributed by atoms with E-state index in [1.54, 1.807) is 17.4 Å². The predicted molar refractivity (Wildman–Crippen MR) is 62.1 cm³/mol. The zero-order chi connectivity index (χ0) is 10.5. The molecule has 0 aliphatic heterocycles. The van der Waals surface area contributed by atoms with Gasteiger partial charge in [0.15, 0.2) is 6.29 Å². The molecule has 1 aromatic heterocycles. The Kier molecular flexibility index (Phi) is 2.96. The van der Waals surface area contributed by atoms with E-state index in [0.29, 0.717) is 5.56 Å². The van der Waals surface area contributed by atoms with Crippen LogP contribution in [0.1, 0.15) is 20.8 Å². The average molecular weight is 212 g/mol. The molecule has 15 heavy (non-hydrogen) atoms. The maximum Gasteiger partial charge on any atom is 0.151 e. The van der Waals surface area contributed by atoms with Crippen LogP contribution in [0.2, 0.25) is 0 Å². The number of aldehydes is 1. The molecule has 0 atom stereocenters. The van der Waals surface area contributed by atoms with E-state index >= 15 is 0 Å². The Balaban J connectivity index is 2.35. The number of carbonyl (C=O) groups excluding carboxylic acids is 1. The molecule has 0 saturated carbocycles. The van der Waals surface area contributed by atoms with Crippen LogP contribution in [0.5, 0.6) is 0 Å². The SMILES string of the molecule is O=Cc1ccccc1C#Cc1cccs1. The summed E-state index contributed by atoms with van der Waals surface area (Å²) in [5, 5.41) is 1.98. The summed E-state index contributed by atoms with van der Waals surface area (Å²) in [6, 6.07) is 11.3. The second-order valence-electron chi connectivity index (χ2n) is 2.93. The molecule has 72 valence electrons. The van der Waals surface area contributed by atoms with Gasteiger partial charge in [-0.05, 0) is 17.5 Å². The molecule has 0 saturated heterocycles. The average Bonchev–Trinajstić information content (AvgIpc) is 2.79. The van der Waals surface area contributed by atoms with Crippen molar-refractivity contribution in [2.24, 2.45) is 0 Å². The van der Waals surface area contributed by atoms with E-state index in [-0.39, 0.29) is 0 Å². The Morgan fingerprint density at radius 3 is 2.67 bits per heavy atom. The lowest BCUT2D eigenvalue weighted by Gasteiger charge is -1.93. The minimum absolute atomic E-state index is 0.640. The van der Waals surface area contributed by atoms with Gasteiger partial charge in [0, 0.05) is 11.1 Å². The van der Waals surface area contributed by atoms with E-state index < -0.39 is 0 Å². The number of thiophene rings is 1. The highest BCUT2D eigenvalue weighted by Gasteiger charge is 1.95. The van der Waals surface area contributed by atoms with Crippen LogP contribution in [0.3, 0.4) is 0 Å². The molecule has 2 rings (SSSR count). The first-order chi connectivity index (χ1) is 7.40. The summed E-state index contributed by atoms with van der Waals surface area (Å²) in [5.74, 6) is 6.02. The highest BCUT2D eigenvalue weighted by molar-refractivity contribution is 7.10. The molecule has 0 fully saturated rings. The van der Waals surface area contributed by atoms with E-state index in [2.05, 4.69) is 11.8 Å². The van der Waals surface area contributed by atoms with Crippen molar-refractivity contribution in [1.29, 1.82) is 0 Å². The van der Waals surface area contributed by atoms with Crippen LogP contribution in [0.4, 0.5) is 0 Å². The smallest absolute Gasteiger partial charge is 0.151 e. The van der Waals surface area contributed by atoms with Crippen molar-refractivity contribution in [1.82, 2.24) is 0 Å². The van der Waals surface area contributed by atoms with Gasteiger partial charge < -0.3 is 0 Å². The first-order valence-electron chi connectivity index (χ1n) is 4.50. The van der Waals surface area contributed by atoms with Crippen LogP contribution in [0, 0.1) is 11.8 Å². The van der Waals surface area contributed by atoms with Crippen molar-refractivity contribution >= 4 is 17.6 Å². The van der Waals surface area contributed by atoms with E-state index in [1.807, 2.05) is 35.7 Å². The summed E-state index contributed by atoms with van der Waals surface area (Å²) < 4.78 is 0. The van der Waals surface area contributed by atoms with Gasteiger partial charge in [0.05, 0.1) is 4.88 Å². The highest BCUT2D eigenvalue weighted by atomic mass is 32.1. The normalized spacial score (nSPS) is 9.07. The third kappa shape index (κ3) is 2.34. The van der Waals surface area contributed by atoms with Crippen LogP contribution >= 0.6 is 11.3 Å². The fourth-order valence-corrected chi connectivity index (χ4v) is 1.76. The van der Waals surface area contributed by atoms with Gasteiger partial charge in [0.2, 0.25) is 0 Å². The second kappa shape index (κ2) is 4.59. The molecule has 0 aliphatic carbocycles. The topological polar surface area (TPSA) is 17.1 Å². The summed E-state index contributed by atoms with van der Waals surface area (Å²) in [7, 11) is 0. The molecule has 1 nitrogen and oxygen atoms in total. The Hall–Kier alpha value is -1.85. The van der Waals surface area contributed by atoms with Gasteiger partial charge >= 0.3 is 0 Å². The minimum atomic E-state index is 0.640. The van der Waals surface area contributed by atoms with Crippen LogP contribution in [0.15, 0.2) is 41.8 Å². The Morgan fingerprint density at radius 1 is 1.07 bits per heavy atom. The van der Waals surface area contributed by atoms with Gasteiger partial charge in [-0.25, -0.2) is 0 Å². The van der Waals surface area contributed by atoms with Crippen molar-refractivity contribution < 1.29 is 4.79 Å². The van der Waals surface area contributed by atoms with Gasteiger partial charge in [-0.2, -0.15) is 0 Å². The lowest BCUT2D eigenvalue weighted by atomic mass is 10.1. The van der Waals surface area contributed by atoms with Gasteiger partial charge in [0.1, 0.15) is 0 Å². The summed E-state index contributed by atoms with van der Waals surface area (Å²) in [5.41, 5.74) is 1.42. The monoisotopic (exact) mass is 212 g/mol. The van der Waals surface area contributed by atoms with E-state index in [0.717, 1.165) is 16.7 Å². The van der Waals surface area contributed by atoms with E-state index in [4.69, 9.17) is 0 Å². The zero-order valence-electron chi connectivity index (χ0n) is 7.94. The fourth-order valence-electron chi connectivity index (χ4n) is 1.19. The lowest BCUT2D eigenvalue weighted by molar-refractivity contribution is 0.112. The van der Waals surface area contributed by atoms with Crippen molar-refractivity contribution in [3.63, 3.8) is 0 Å². The van der Waals surface area contributed by atoms with Crippen molar-refractivity contribution in [3.8, 4) is 11.8 Å². The Morgan fingerprint density at radius 2 is 1.93 bits per heavy atom. The molecule has 0 radical (unpaired) electrons. The number of hydrogen-bond acceptors (Lipinski definition) is 2. The number of rotatable bonds is 1. The molecule has 0 aliphatic rings. The third-order valence-corrected chi connectivity index (χ3v) is 2.71. The quantitative estimate of drug-likeness (QED) is 0.524. The van der Waals surface area contributed by atoms with Crippen LogP contribution in [-0.2, 0) is 0 Å². The van der Waals surface area contributed by atoms with Crippen molar-refractivity contribution in [3.05, 3.63) is 57.8 Å². The van der Waals surface area contributed by atoms with Gasteiger partial charge in [-0.15, -0.1) is 11.3 Å². The molecule has 0 N–H and O–H groups in total. The second-order valence-corrected chi connectivity index (χ2v) is 3.88. The molecule has 0 unspecified atom stereocenters. The van der Waals surface area contributed by atoms with Gasteiger partial charge in [-0.3, -0.25) is 4.79 Å². The van der Waals surface area contributed by atoms with E-state index in [9.17, 15) is 4.79 Å². The standard InChI is InChI=1S/C13H8OS/c14-10-12-5-2-1-4-11(12)7-8-13-6-3-9-15-13/h1-6,9-10H. The van der Waals surface area contributed by atoms with Crippen LogP contribution < -0.4 is 0 Å². The third-order valence-electron chi connectivity index (χ3n) is 1.93. The fraction of sp³-hybridized carbons (Fsp3) is 0. The first-order valence-corrected chi connectivity index (χ1v) is 5.38. The molecule has 1 aromatic carbocycles. The van der Waals surface area contributed by atoms with Gasteiger partial charge in [0.25, 0.3) is 0 Å². The number of benzene rings is 1. The minimum Gasteiger partial charge on any atom is -0.298 e. The van der Waals surface area contributed by atoms with Crippen molar-refractivity contribution in [2.45, 2.75) is 0 Å². The molecule has 0 spiro atoms. The highest BCUT2D eigenvalue weighted by Crippen LogP contribution is 2.08. The summed E-state index contributed by atoms with van der Waals surface area (Å²) in [4.78, 5) is 11.7. The van der Waals surface area contributed by atoms with Crippen molar-refractivity contribution in [2.75, 3.05) is 0 Å². The first kappa shape index (κ1) is 9.70. The van der Waals surface area contributed by atoms with Gasteiger partial charge in [-0.1, -0.05) is 36.1 Å². The largest absolute Gasteiger partial charge is 0.298 e. The number of hydrogen-bond donors (Lipinski definition) is 0. The molecule has 0 bridgehead atoms. The molecule has 0 amide bonds. The molecule has 2 aromatic rings. The molecular weight excluding hydrogens is 204 g/mol. The van der Waals surface area contributed by atoms with E-state index in [1.165, 1.54) is 0 Å². The maximum absolute atomic E-state index is 10.7.